The largest absolute Gasteiger partial charge is 0.459 e. The fraction of sp³-hybridized carbons (Fsp3) is 0.273. The molecule has 2 N–H and O–H groups in total. The maximum Gasteiger partial charge on any atom is 0.293 e. The van der Waals surface area contributed by atoms with Crippen molar-refractivity contribution in [1.82, 2.24) is 24.9 Å². The lowest BCUT2D eigenvalue weighted by molar-refractivity contribution is 0.411. The van der Waals surface area contributed by atoms with Crippen LogP contribution in [0.4, 0.5) is 0 Å². The second-order valence-electron chi connectivity index (χ2n) is 3.94. The highest BCUT2D eigenvalue weighted by Gasteiger charge is 2.13. The molecule has 0 aliphatic heterocycles. The van der Waals surface area contributed by atoms with Gasteiger partial charge in [-0.25, -0.2) is 0 Å². The van der Waals surface area contributed by atoms with Crippen LogP contribution in [-0.4, -0.2) is 24.9 Å². The third kappa shape index (κ3) is 2.45. The van der Waals surface area contributed by atoms with Crippen molar-refractivity contribution < 1.29 is 8.94 Å². The molecule has 0 saturated heterocycles. The Labute approximate surface area is 118 Å². The van der Waals surface area contributed by atoms with Gasteiger partial charge in [-0.2, -0.15) is 4.98 Å². The number of hydrogen-bond donors (Lipinski definition) is 1. The monoisotopic (exact) mass is 292 g/mol. The Bertz CT molecular complexity index is 690. The first kappa shape index (κ1) is 12.9. The van der Waals surface area contributed by atoms with Crippen LogP contribution in [0.15, 0.2) is 32.5 Å². The average molecular weight is 292 g/mol. The van der Waals surface area contributed by atoms with Crippen LogP contribution in [-0.2, 0) is 19.3 Å². The number of thioether (sulfide) groups is 1. The third-order valence-corrected chi connectivity index (χ3v) is 3.65. The number of furan rings is 1. The molecular formula is C11H12N6O2S. The summed E-state index contributed by atoms with van der Waals surface area (Å²) in [6.45, 7) is 0.356. The predicted octanol–water partition coefficient (Wildman–Crippen LogP) is 1.21. The highest BCUT2D eigenvalue weighted by molar-refractivity contribution is 7.98. The minimum atomic E-state index is 0.356. The summed E-state index contributed by atoms with van der Waals surface area (Å²) in [5.41, 5.74) is 5.55. The quantitative estimate of drug-likeness (QED) is 0.699. The Balaban J connectivity index is 1.68. The van der Waals surface area contributed by atoms with Crippen molar-refractivity contribution in [2.75, 3.05) is 0 Å². The van der Waals surface area contributed by atoms with Crippen molar-refractivity contribution in [2.24, 2.45) is 12.8 Å². The van der Waals surface area contributed by atoms with Gasteiger partial charge in [0.2, 0.25) is 0 Å². The van der Waals surface area contributed by atoms with E-state index in [0.29, 0.717) is 29.8 Å². The molecule has 3 aromatic heterocycles. The molecule has 0 aromatic carbocycles. The molecule has 0 unspecified atom stereocenters. The van der Waals surface area contributed by atoms with Gasteiger partial charge in [-0.05, 0) is 12.1 Å². The second-order valence-corrected chi connectivity index (χ2v) is 4.89. The topological polar surface area (TPSA) is 109 Å². The lowest BCUT2D eigenvalue weighted by Gasteiger charge is -1.99. The van der Waals surface area contributed by atoms with Gasteiger partial charge in [0.25, 0.3) is 5.89 Å². The summed E-state index contributed by atoms with van der Waals surface area (Å²) in [6.07, 6.45) is 1.56. The van der Waals surface area contributed by atoms with Crippen molar-refractivity contribution in [1.29, 1.82) is 0 Å². The van der Waals surface area contributed by atoms with E-state index in [4.69, 9.17) is 14.7 Å². The van der Waals surface area contributed by atoms with Gasteiger partial charge in [-0.15, -0.1) is 10.2 Å². The molecule has 0 aliphatic rings. The van der Waals surface area contributed by atoms with Gasteiger partial charge in [0.05, 0.1) is 18.6 Å². The third-order valence-electron chi connectivity index (χ3n) is 2.64. The first-order chi connectivity index (χ1) is 9.78. The van der Waals surface area contributed by atoms with E-state index >= 15 is 0 Å². The molecule has 3 rings (SSSR count). The zero-order chi connectivity index (χ0) is 13.9. The molecule has 0 fully saturated rings. The fourth-order valence-corrected chi connectivity index (χ4v) is 2.36. The smallest absolute Gasteiger partial charge is 0.293 e. The summed E-state index contributed by atoms with van der Waals surface area (Å²) in [5.74, 6) is 2.75. The van der Waals surface area contributed by atoms with Gasteiger partial charge in [-0.3, -0.25) is 0 Å². The van der Waals surface area contributed by atoms with E-state index in [2.05, 4.69) is 20.3 Å². The minimum absolute atomic E-state index is 0.356. The number of aromatic nitrogens is 5. The van der Waals surface area contributed by atoms with Crippen molar-refractivity contribution in [2.45, 2.75) is 17.5 Å². The highest BCUT2D eigenvalue weighted by Crippen LogP contribution is 2.22. The van der Waals surface area contributed by atoms with E-state index in [-0.39, 0.29) is 0 Å². The van der Waals surface area contributed by atoms with Crippen molar-refractivity contribution in [3.05, 3.63) is 30.0 Å². The van der Waals surface area contributed by atoms with Gasteiger partial charge in [0.15, 0.2) is 16.7 Å². The molecule has 0 bridgehead atoms. The highest BCUT2D eigenvalue weighted by atomic mass is 32.2. The molecule has 3 aromatic rings. The Morgan fingerprint density at radius 2 is 2.30 bits per heavy atom. The van der Waals surface area contributed by atoms with E-state index in [0.717, 1.165) is 11.0 Å². The molecule has 8 nitrogen and oxygen atoms in total. The zero-order valence-electron chi connectivity index (χ0n) is 10.7. The summed E-state index contributed by atoms with van der Waals surface area (Å²) in [6, 6.07) is 3.53. The van der Waals surface area contributed by atoms with E-state index in [9.17, 15) is 0 Å². The maximum absolute atomic E-state index is 5.55. The Hall–Kier alpha value is -2.13. The summed E-state index contributed by atoms with van der Waals surface area (Å²) in [7, 11) is 1.87. The van der Waals surface area contributed by atoms with Crippen molar-refractivity contribution in [3.8, 4) is 11.7 Å². The first-order valence-electron chi connectivity index (χ1n) is 5.85. The van der Waals surface area contributed by atoms with Gasteiger partial charge < -0.3 is 19.2 Å². The van der Waals surface area contributed by atoms with Crippen LogP contribution in [0.3, 0.4) is 0 Å². The molecule has 0 amide bonds. The van der Waals surface area contributed by atoms with Gasteiger partial charge in [0, 0.05) is 7.05 Å². The molecule has 0 saturated carbocycles. The van der Waals surface area contributed by atoms with Crippen LogP contribution in [0.1, 0.15) is 11.6 Å². The average Bonchev–Trinajstić information content (AvgIpc) is 3.17. The van der Waals surface area contributed by atoms with Crippen LogP contribution < -0.4 is 5.73 Å². The van der Waals surface area contributed by atoms with Crippen LogP contribution >= 0.6 is 11.8 Å². The van der Waals surface area contributed by atoms with E-state index in [1.807, 2.05) is 11.6 Å². The van der Waals surface area contributed by atoms with E-state index < -0.39 is 0 Å². The molecule has 0 spiro atoms. The Morgan fingerprint density at radius 3 is 3.00 bits per heavy atom. The van der Waals surface area contributed by atoms with Crippen molar-refractivity contribution in [3.63, 3.8) is 0 Å². The van der Waals surface area contributed by atoms with Crippen molar-refractivity contribution >= 4 is 11.8 Å². The Morgan fingerprint density at radius 1 is 1.40 bits per heavy atom. The number of rotatable bonds is 5. The van der Waals surface area contributed by atoms with Crippen LogP contribution in [0.25, 0.3) is 11.7 Å². The van der Waals surface area contributed by atoms with Crippen LogP contribution in [0.5, 0.6) is 0 Å². The predicted molar refractivity (Wildman–Crippen MR) is 70.5 cm³/mol. The van der Waals surface area contributed by atoms with Gasteiger partial charge in [-0.1, -0.05) is 16.9 Å². The molecule has 0 aliphatic carbocycles. The minimum Gasteiger partial charge on any atom is -0.459 e. The van der Waals surface area contributed by atoms with E-state index in [1.54, 1.807) is 18.4 Å². The number of hydrogen-bond acceptors (Lipinski definition) is 8. The maximum atomic E-state index is 5.55. The van der Waals surface area contributed by atoms with Gasteiger partial charge >= 0.3 is 0 Å². The fourth-order valence-electron chi connectivity index (χ4n) is 1.59. The zero-order valence-corrected chi connectivity index (χ0v) is 11.5. The Kier molecular flexibility index (Phi) is 3.52. The summed E-state index contributed by atoms with van der Waals surface area (Å²) in [4.78, 5) is 4.25. The number of nitrogens with zero attached hydrogens (tertiary/aromatic N) is 5. The molecule has 0 radical (unpaired) electrons. The second kappa shape index (κ2) is 5.47. The molecule has 20 heavy (non-hydrogen) atoms. The van der Waals surface area contributed by atoms with Crippen LogP contribution in [0, 0.1) is 0 Å². The standard InChI is InChI=1S/C11H12N6O2S/c1-17-9(5-12)14-15-11(17)20-6-8-13-10(19-16-8)7-3-2-4-18-7/h2-4H,5-6,12H2,1H3. The first-order valence-corrected chi connectivity index (χ1v) is 6.84. The summed E-state index contributed by atoms with van der Waals surface area (Å²) >= 11 is 1.47. The van der Waals surface area contributed by atoms with Gasteiger partial charge in [0.1, 0.15) is 5.82 Å². The normalized spacial score (nSPS) is 11.1. The van der Waals surface area contributed by atoms with Crippen LogP contribution in [0.2, 0.25) is 0 Å². The molecular weight excluding hydrogens is 280 g/mol. The SMILES string of the molecule is Cn1c(CN)nnc1SCc1noc(-c2ccco2)n1. The molecule has 9 heteroatoms. The molecule has 104 valence electrons. The number of nitrogens with two attached hydrogens (primary N) is 1. The summed E-state index contributed by atoms with van der Waals surface area (Å²) in [5, 5.41) is 12.7. The lowest BCUT2D eigenvalue weighted by Crippen LogP contribution is -2.05. The van der Waals surface area contributed by atoms with E-state index in [1.165, 1.54) is 11.8 Å². The lowest BCUT2D eigenvalue weighted by atomic mass is 10.4. The molecule has 0 atom stereocenters. The summed E-state index contributed by atoms with van der Waals surface area (Å²) < 4.78 is 12.2. The molecule has 3 heterocycles.